The van der Waals surface area contributed by atoms with E-state index < -0.39 is 0 Å². The molecule has 2 N–H and O–H groups in total. The first-order valence-electron chi connectivity index (χ1n) is 7.01. The molecule has 1 fully saturated rings. The lowest BCUT2D eigenvalue weighted by atomic mass is 10.1. The highest BCUT2D eigenvalue weighted by molar-refractivity contribution is 5.94. The summed E-state index contributed by atoms with van der Waals surface area (Å²) >= 11 is 0. The smallest absolute Gasteiger partial charge is 0.251 e. The minimum absolute atomic E-state index is 0.0659. The number of carbonyl (C=O) groups excluding carboxylic acids is 1. The zero-order valence-corrected chi connectivity index (χ0v) is 11.6. The Bertz CT molecular complexity index is 610. The Morgan fingerprint density at radius 2 is 2.10 bits per heavy atom. The Kier molecular flexibility index (Phi) is 4.12. The summed E-state index contributed by atoms with van der Waals surface area (Å²) in [5.74, 6) is 1.27. The van der Waals surface area contributed by atoms with Crippen molar-refractivity contribution in [2.24, 2.45) is 0 Å². The molecule has 3 rings (SSSR count). The molecule has 2 heterocycles. The van der Waals surface area contributed by atoms with Crippen molar-refractivity contribution >= 4 is 5.91 Å². The van der Waals surface area contributed by atoms with Gasteiger partial charge in [0.05, 0.1) is 0 Å². The molecule has 5 heteroatoms. The van der Waals surface area contributed by atoms with E-state index >= 15 is 0 Å². The van der Waals surface area contributed by atoms with Crippen LogP contribution in [-0.4, -0.2) is 30.0 Å². The molecular formula is C16H17N3O2. The van der Waals surface area contributed by atoms with Gasteiger partial charge in [-0.05, 0) is 43.3 Å². The van der Waals surface area contributed by atoms with Crippen LogP contribution in [0.5, 0.6) is 11.5 Å². The number of aromatic nitrogens is 1. The van der Waals surface area contributed by atoms with Crippen molar-refractivity contribution in [1.29, 1.82) is 0 Å². The molecule has 108 valence electrons. The standard InChI is InChI=1S/C16H17N3O2/c20-16(19-13-4-7-18-11-13)12-2-1-3-15(10-12)21-14-5-8-17-9-6-14/h1-3,5-6,8-10,13,18H,4,7,11H2,(H,19,20). The van der Waals surface area contributed by atoms with E-state index in [0.29, 0.717) is 17.1 Å². The van der Waals surface area contributed by atoms with Gasteiger partial charge in [-0.3, -0.25) is 9.78 Å². The minimum Gasteiger partial charge on any atom is -0.457 e. The highest BCUT2D eigenvalue weighted by Gasteiger charge is 2.17. The average Bonchev–Trinajstić information content (AvgIpc) is 3.01. The van der Waals surface area contributed by atoms with E-state index in [9.17, 15) is 4.79 Å². The van der Waals surface area contributed by atoms with Crippen LogP contribution in [0.1, 0.15) is 16.8 Å². The van der Waals surface area contributed by atoms with E-state index in [1.165, 1.54) is 0 Å². The van der Waals surface area contributed by atoms with Gasteiger partial charge in [0.25, 0.3) is 5.91 Å². The molecule has 0 bridgehead atoms. The molecule has 1 atom stereocenters. The highest BCUT2D eigenvalue weighted by Crippen LogP contribution is 2.21. The van der Waals surface area contributed by atoms with Crippen molar-refractivity contribution in [2.45, 2.75) is 12.5 Å². The van der Waals surface area contributed by atoms with Gasteiger partial charge in [0.2, 0.25) is 0 Å². The highest BCUT2D eigenvalue weighted by atomic mass is 16.5. The molecule has 0 aliphatic carbocycles. The zero-order valence-electron chi connectivity index (χ0n) is 11.6. The van der Waals surface area contributed by atoms with Crippen LogP contribution in [0.15, 0.2) is 48.8 Å². The molecule has 21 heavy (non-hydrogen) atoms. The summed E-state index contributed by atoms with van der Waals surface area (Å²) in [5, 5.41) is 6.25. The third-order valence-corrected chi connectivity index (χ3v) is 3.38. The Hall–Kier alpha value is -2.40. The van der Waals surface area contributed by atoms with E-state index in [0.717, 1.165) is 19.5 Å². The van der Waals surface area contributed by atoms with Gasteiger partial charge in [0.1, 0.15) is 11.5 Å². The van der Waals surface area contributed by atoms with Gasteiger partial charge in [-0.25, -0.2) is 0 Å². The lowest BCUT2D eigenvalue weighted by Crippen LogP contribution is -2.36. The zero-order chi connectivity index (χ0) is 14.5. The average molecular weight is 283 g/mol. The lowest BCUT2D eigenvalue weighted by Gasteiger charge is -2.12. The van der Waals surface area contributed by atoms with Crippen LogP contribution in [0.2, 0.25) is 0 Å². The molecule has 5 nitrogen and oxygen atoms in total. The summed E-state index contributed by atoms with van der Waals surface area (Å²) in [4.78, 5) is 16.1. The maximum Gasteiger partial charge on any atom is 0.251 e. The van der Waals surface area contributed by atoms with Gasteiger partial charge < -0.3 is 15.4 Å². The van der Waals surface area contributed by atoms with Gasteiger partial charge in [0.15, 0.2) is 0 Å². The third-order valence-electron chi connectivity index (χ3n) is 3.38. The van der Waals surface area contributed by atoms with E-state index in [2.05, 4.69) is 15.6 Å². The molecular weight excluding hydrogens is 266 g/mol. The van der Waals surface area contributed by atoms with E-state index in [4.69, 9.17) is 4.74 Å². The summed E-state index contributed by atoms with van der Waals surface area (Å²) < 4.78 is 5.71. The first-order chi connectivity index (χ1) is 10.3. The third kappa shape index (κ3) is 3.58. The van der Waals surface area contributed by atoms with Crippen molar-refractivity contribution in [3.63, 3.8) is 0 Å². The number of pyridine rings is 1. The number of ether oxygens (including phenoxy) is 1. The second kappa shape index (κ2) is 6.37. The second-order valence-electron chi connectivity index (χ2n) is 4.98. The summed E-state index contributed by atoms with van der Waals surface area (Å²) in [6.45, 7) is 1.79. The molecule has 1 aliphatic heterocycles. The monoisotopic (exact) mass is 283 g/mol. The molecule has 2 aromatic rings. The first-order valence-corrected chi connectivity index (χ1v) is 7.01. The van der Waals surface area contributed by atoms with E-state index in [1.54, 1.807) is 36.7 Å². The number of nitrogens with zero attached hydrogens (tertiary/aromatic N) is 1. The number of benzene rings is 1. The summed E-state index contributed by atoms with van der Waals surface area (Å²) in [5.41, 5.74) is 0.605. The van der Waals surface area contributed by atoms with Gasteiger partial charge >= 0.3 is 0 Å². The summed E-state index contributed by atoms with van der Waals surface area (Å²) in [7, 11) is 0. The maximum absolute atomic E-state index is 12.2. The second-order valence-corrected chi connectivity index (χ2v) is 4.98. The lowest BCUT2D eigenvalue weighted by molar-refractivity contribution is 0.0939. The van der Waals surface area contributed by atoms with Crippen LogP contribution >= 0.6 is 0 Å². The van der Waals surface area contributed by atoms with Crippen molar-refractivity contribution in [1.82, 2.24) is 15.6 Å². The maximum atomic E-state index is 12.2. The Morgan fingerprint density at radius 3 is 2.86 bits per heavy atom. The Balaban J connectivity index is 1.69. The molecule has 1 aromatic carbocycles. The van der Waals surface area contributed by atoms with Crippen LogP contribution in [0.4, 0.5) is 0 Å². The van der Waals surface area contributed by atoms with E-state index in [1.807, 2.05) is 12.1 Å². The largest absolute Gasteiger partial charge is 0.457 e. The topological polar surface area (TPSA) is 63.2 Å². The normalized spacial score (nSPS) is 17.4. The fraction of sp³-hybridized carbons (Fsp3) is 0.250. The number of nitrogens with one attached hydrogen (secondary N) is 2. The van der Waals surface area contributed by atoms with Crippen molar-refractivity contribution < 1.29 is 9.53 Å². The molecule has 1 amide bonds. The quantitative estimate of drug-likeness (QED) is 0.900. The van der Waals surface area contributed by atoms with Gasteiger partial charge in [-0.15, -0.1) is 0 Å². The van der Waals surface area contributed by atoms with Crippen LogP contribution in [0.3, 0.4) is 0 Å². The fourth-order valence-corrected chi connectivity index (χ4v) is 2.29. The van der Waals surface area contributed by atoms with Gasteiger partial charge in [0, 0.05) is 30.5 Å². The Labute approximate surface area is 123 Å². The van der Waals surface area contributed by atoms with Crippen molar-refractivity contribution in [2.75, 3.05) is 13.1 Å². The minimum atomic E-state index is -0.0659. The fourth-order valence-electron chi connectivity index (χ4n) is 2.29. The van der Waals surface area contributed by atoms with Gasteiger partial charge in [-0.1, -0.05) is 6.07 Å². The number of carbonyl (C=O) groups is 1. The molecule has 1 saturated heterocycles. The van der Waals surface area contributed by atoms with Crippen molar-refractivity contribution in [3.05, 3.63) is 54.4 Å². The summed E-state index contributed by atoms with van der Waals surface area (Å²) in [6.07, 6.45) is 4.30. The van der Waals surface area contributed by atoms with Crippen molar-refractivity contribution in [3.8, 4) is 11.5 Å². The van der Waals surface area contributed by atoms with Crippen LogP contribution in [-0.2, 0) is 0 Å². The summed E-state index contributed by atoms with van der Waals surface area (Å²) in [6, 6.07) is 10.9. The SMILES string of the molecule is O=C(NC1CCNC1)c1cccc(Oc2ccncc2)c1. The van der Waals surface area contributed by atoms with Gasteiger partial charge in [-0.2, -0.15) is 0 Å². The molecule has 1 unspecified atom stereocenters. The molecule has 1 aromatic heterocycles. The van der Waals surface area contributed by atoms with Crippen LogP contribution in [0, 0.1) is 0 Å². The number of hydrogen-bond acceptors (Lipinski definition) is 4. The molecule has 0 spiro atoms. The number of rotatable bonds is 4. The predicted molar refractivity (Wildman–Crippen MR) is 79.5 cm³/mol. The van der Waals surface area contributed by atoms with Crippen LogP contribution < -0.4 is 15.4 Å². The van der Waals surface area contributed by atoms with Crippen LogP contribution in [0.25, 0.3) is 0 Å². The Morgan fingerprint density at radius 1 is 1.24 bits per heavy atom. The molecule has 0 saturated carbocycles. The first kappa shape index (κ1) is 13.6. The molecule has 1 aliphatic rings. The number of amides is 1. The molecule has 0 radical (unpaired) electrons. The van der Waals surface area contributed by atoms with E-state index in [-0.39, 0.29) is 11.9 Å². The predicted octanol–water partition coefficient (Wildman–Crippen LogP) is 1.97. The number of hydrogen-bond donors (Lipinski definition) is 2.